The Bertz CT molecular complexity index is 569. The summed E-state index contributed by atoms with van der Waals surface area (Å²) in [4.78, 5) is 12.1. The van der Waals surface area contributed by atoms with E-state index in [1.54, 1.807) is 18.2 Å². The normalized spacial score (nSPS) is 10.2. The molecule has 0 saturated carbocycles. The minimum Gasteiger partial charge on any atom is -0.496 e. The zero-order valence-corrected chi connectivity index (χ0v) is 11.7. The first kappa shape index (κ1) is 13.5. The van der Waals surface area contributed by atoms with Crippen molar-refractivity contribution in [1.82, 2.24) is 10.2 Å². The van der Waals surface area contributed by atoms with Gasteiger partial charge in [-0.25, -0.2) is 0 Å². The standard InChI is InChI=1S/C13H15N3O2S/c1-3-6-11-15-16-13(19-11)14-12(17)9-7-4-5-8-10(9)18-2/h4-5,7-8H,3,6H2,1-2H3,(H,14,16,17). The van der Waals surface area contributed by atoms with Crippen LogP contribution in [0.15, 0.2) is 24.3 Å². The van der Waals surface area contributed by atoms with Crippen LogP contribution < -0.4 is 10.1 Å². The smallest absolute Gasteiger partial charge is 0.261 e. The number of carbonyl (C=O) groups is 1. The van der Waals surface area contributed by atoms with Gasteiger partial charge >= 0.3 is 0 Å². The molecule has 0 atom stereocenters. The molecule has 6 heteroatoms. The van der Waals surface area contributed by atoms with E-state index in [2.05, 4.69) is 22.4 Å². The van der Waals surface area contributed by atoms with Crippen molar-refractivity contribution >= 4 is 22.4 Å². The molecule has 0 bridgehead atoms. The maximum absolute atomic E-state index is 12.1. The monoisotopic (exact) mass is 277 g/mol. The zero-order valence-electron chi connectivity index (χ0n) is 10.8. The Morgan fingerprint density at radius 1 is 1.37 bits per heavy atom. The van der Waals surface area contributed by atoms with Gasteiger partial charge in [-0.1, -0.05) is 30.4 Å². The molecule has 5 nitrogen and oxygen atoms in total. The fraction of sp³-hybridized carbons (Fsp3) is 0.308. The number of rotatable bonds is 5. The number of para-hydroxylation sites is 1. The van der Waals surface area contributed by atoms with Crippen LogP contribution in [0.25, 0.3) is 0 Å². The SMILES string of the molecule is CCCc1nnc(NC(=O)c2ccccc2OC)s1. The van der Waals surface area contributed by atoms with Crippen LogP contribution in [0.4, 0.5) is 5.13 Å². The molecular weight excluding hydrogens is 262 g/mol. The molecule has 2 rings (SSSR count). The summed E-state index contributed by atoms with van der Waals surface area (Å²) in [5.74, 6) is 0.301. The fourth-order valence-corrected chi connectivity index (χ4v) is 2.45. The van der Waals surface area contributed by atoms with E-state index in [0.29, 0.717) is 16.4 Å². The molecule has 0 aliphatic carbocycles. The van der Waals surface area contributed by atoms with Gasteiger partial charge < -0.3 is 4.74 Å². The van der Waals surface area contributed by atoms with Crippen LogP contribution in [0.3, 0.4) is 0 Å². The van der Waals surface area contributed by atoms with Gasteiger partial charge in [0.1, 0.15) is 10.8 Å². The molecule has 0 unspecified atom stereocenters. The predicted octanol–water partition coefficient (Wildman–Crippen LogP) is 2.75. The zero-order chi connectivity index (χ0) is 13.7. The molecule has 0 fully saturated rings. The number of hydrogen-bond donors (Lipinski definition) is 1. The van der Waals surface area contributed by atoms with E-state index in [4.69, 9.17) is 4.74 Å². The van der Waals surface area contributed by atoms with Gasteiger partial charge in [-0.15, -0.1) is 10.2 Å². The van der Waals surface area contributed by atoms with Crippen LogP contribution in [0.5, 0.6) is 5.75 Å². The first-order valence-corrected chi connectivity index (χ1v) is 6.83. The number of ether oxygens (including phenoxy) is 1. The average Bonchev–Trinajstić information content (AvgIpc) is 2.86. The van der Waals surface area contributed by atoms with Gasteiger partial charge in [-0.05, 0) is 18.6 Å². The Hall–Kier alpha value is -1.95. The van der Waals surface area contributed by atoms with Crippen LogP contribution in [0.1, 0.15) is 28.7 Å². The summed E-state index contributed by atoms with van der Waals surface area (Å²) < 4.78 is 5.15. The molecule has 19 heavy (non-hydrogen) atoms. The molecule has 1 heterocycles. The van der Waals surface area contributed by atoms with Gasteiger partial charge in [-0.2, -0.15) is 0 Å². The lowest BCUT2D eigenvalue weighted by molar-refractivity contribution is 0.102. The molecule has 0 saturated heterocycles. The van der Waals surface area contributed by atoms with Crippen molar-refractivity contribution in [3.8, 4) is 5.75 Å². The first-order valence-electron chi connectivity index (χ1n) is 6.01. The fourth-order valence-electron chi connectivity index (χ4n) is 1.62. The Morgan fingerprint density at radius 2 is 2.16 bits per heavy atom. The second-order valence-electron chi connectivity index (χ2n) is 3.91. The average molecular weight is 277 g/mol. The highest BCUT2D eigenvalue weighted by Gasteiger charge is 2.13. The number of methoxy groups -OCH3 is 1. The van der Waals surface area contributed by atoms with Crippen molar-refractivity contribution < 1.29 is 9.53 Å². The topological polar surface area (TPSA) is 64.1 Å². The van der Waals surface area contributed by atoms with Crippen molar-refractivity contribution in [2.75, 3.05) is 12.4 Å². The van der Waals surface area contributed by atoms with E-state index in [1.165, 1.54) is 18.4 Å². The molecule has 2 aromatic rings. The summed E-state index contributed by atoms with van der Waals surface area (Å²) in [5.41, 5.74) is 0.484. The van der Waals surface area contributed by atoms with Crippen molar-refractivity contribution in [3.05, 3.63) is 34.8 Å². The third-order valence-corrected chi connectivity index (χ3v) is 3.40. The molecule has 1 aromatic carbocycles. The molecule has 1 N–H and O–H groups in total. The summed E-state index contributed by atoms with van der Waals surface area (Å²) in [5, 5.41) is 12.1. The highest BCUT2D eigenvalue weighted by Crippen LogP contribution is 2.21. The van der Waals surface area contributed by atoms with Gasteiger partial charge in [0.2, 0.25) is 5.13 Å². The van der Waals surface area contributed by atoms with Crippen molar-refractivity contribution in [1.29, 1.82) is 0 Å². The number of aryl methyl sites for hydroxylation is 1. The Kier molecular flexibility index (Phi) is 4.46. The number of nitrogens with one attached hydrogen (secondary N) is 1. The van der Waals surface area contributed by atoms with Gasteiger partial charge in [-0.3, -0.25) is 10.1 Å². The van der Waals surface area contributed by atoms with Gasteiger partial charge in [0, 0.05) is 6.42 Å². The molecule has 0 radical (unpaired) electrons. The van der Waals surface area contributed by atoms with E-state index in [0.717, 1.165) is 17.8 Å². The van der Waals surface area contributed by atoms with Crippen molar-refractivity contribution in [3.63, 3.8) is 0 Å². The van der Waals surface area contributed by atoms with E-state index >= 15 is 0 Å². The lowest BCUT2D eigenvalue weighted by atomic mass is 10.2. The molecule has 0 spiro atoms. The van der Waals surface area contributed by atoms with E-state index in [9.17, 15) is 4.79 Å². The summed E-state index contributed by atoms with van der Waals surface area (Å²) in [6, 6.07) is 7.07. The Morgan fingerprint density at radius 3 is 2.89 bits per heavy atom. The van der Waals surface area contributed by atoms with Crippen LogP contribution in [0, 0.1) is 0 Å². The van der Waals surface area contributed by atoms with E-state index in [-0.39, 0.29) is 5.91 Å². The Balaban J connectivity index is 2.11. The summed E-state index contributed by atoms with van der Waals surface area (Å²) >= 11 is 1.40. The van der Waals surface area contributed by atoms with Crippen LogP contribution in [-0.4, -0.2) is 23.2 Å². The minimum absolute atomic E-state index is 0.239. The van der Waals surface area contributed by atoms with Crippen LogP contribution in [-0.2, 0) is 6.42 Å². The van der Waals surface area contributed by atoms with Crippen molar-refractivity contribution in [2.24, 2.45) is 0 Å². The maximum atomic E-state index is 12.1. The van der Waals surface area contributed by atoms with Gasteiger partial charge in [0.15, 0.2) is 0 Å². The van der Waals surface area contributed by atoms with Crippen molar-refractivity contribution in [2.45, 2.75) is 19.8 Å². The second kappa shape index (κ2) is 6.29. The molecule has 1 aromatic heterocycles. The highest BCUT2D eigenvalue weighted by atomic mass is 32.1. The van der Waals surface area contributed by atoms with Crippen LogP contribution >= 0.6 is 11.3 Å². The number of anilines is 1. The van der Waals surface area contributed by atoms with E-state index < -0.39 is 0 Å². The largest absolute Gasteiger partial charge is 0.496 e. The summed E-state index contributed by atoms with van der Waals surface area (Å²) in [7, 11) is 1.54. The maximum Gasteiger partial charge on any atom is 0.261 e. The highest BCUT2D eigenvalue weighted by molar-refractivity contribution is 7.15. The Labute approximate surface area is 115 Å². The number of nitrogens with zero attached hydrogens (tertiary/aromatic N) is 2. The third kappa shape index (κ3) is 3.29. The van der Waals surface area contributed by atoms with E-state index in [1.807, 2.05) is 6.07 Å². The molecular formula is C13H15N3O2S. The quantitative estimate of drug-likeness (QED) is 0.912. The number of amides is 1. The number of carbonyl (C=O) groups excluding carboxylic acids is 1. The summed E-state index contributed by atoms with van der Waals surface area (Å²) in [6.07, 6.45) is 1.89. The molecule has 100 valence electrons. The second-order valence-corrected chi connectivity index (χ2v) is 4.97. The van der Waals surface area contributed by atoms with Gasteiger partial charge in [0.05, 0.1) is 12.7 Å². The number of benzene rings is 1. The lowest BCUT2D eigenvalue weighted by Crippen LogP contribution is -2.12. The number of aromatic nitrogens is 2. The third-order valence-electron chi connectivity index (χ3n) is 2.50. The predicted molar refractivity (Wildman–Crippen MR) is 74.9 cm³/mol. The van der Waals surface area contributed by atoms with Gasteiger partial charge in [0.25, 0.3) is 5.91 Å². The lowest BCUT2D eigenvalue weighted by Gasteiger charge is -2.06. The number of hydrogen-bond acceptors (Lipinski definition) is 5. The molecule has 0 aliphatic rings. The first-order chi connectivity index (χ1) is 9.24. The minimum atomic E-state index is -0.239. The summed E-state index contributed by atoms with van der Waals surface area (Å²) in [6.45, 7) is 2.08. The molecule has 0 aliphatic heterocycles. The molecule has 1 amide bonds. The van der Waals surface area contributed by atoms with Crippen LogP contribution in [0.2, 0.25) is 0 Å².